The van der Waals surface area contributed by atoms with Crippen LogP contribution >= 0.6 is 0 Å². The minimum Gasteiger partial charge on any atom is -0.444 e. The largest absolute Gasteiger partial charge is 0.444 e. The fourth-order valence-electron chi connectivity index (χ4n) is 1.97. The number of nitrogens with zero attached hydrogens (tertiary/aromatic N) is 1. The van der Waals surface area contributed by atoms with Gasteiger partial charge < -0.3 is 19.7 Å². The summed E-state index contributed by atoms with van der Waals surface area (Å²) in [6, 6.07) is 0.337. The number of carbonyl (C=O) groups excluding carboxylic acids is 1. The van der Waals surface area contributed by atoms with E-state index in [0.29, 0.717) is 31.0 Å². The molecule has 0 bridgehead atoms. The molecule has 1 amide bonds. The van der Waals surface area contributed by atoms with E-state index in [-0.39, 0.29) is 6.09 Å². The highest BCUT2D eigenvalue weighted by Crippen LogP contribution is 2.10. The number of hydrogen-bond acceptors (Lipinski definition) is 4. The predicted molar refractivity (Wildman–Crippen MR) is 86.5 cm³/mol. The molecule has 0 saturated carbocycles. The molecule has 0 fully saturated rings. The first-order valence-electron chi connectivity index (χ1n) is 7.73. The number of hydrogen-bond donors (Lipinski definition) is 1. The minimum absolute atomic E-state index is 0.272. The maximum Gasteiger partial charge on any atom is 0.410 e. The third-order valence-electron chi connectivity index (χ3n) is 3.17. The Labute approximate surface area is 130 Å². The summed E-state index contributed by atoms with van der Waals surface area (Å²) in [4.78, 5) is 13.5. The zero-order chi connectivity index (χ0) is 16.6. The average Bonchev–Trinajstić information content (AvgIpc) is 2.31. The van der Waals surface area contributed by atoms with Crippen molar-refractivity contribution in [2.45, 2.75) is 53.2 Å². The van der Waals surface area contributed by atoms with Gasteiger partial charge in [0.25, 0.3) is 0 Å². The van der Waals surface area contributed by atoms with Gasteiger partial charge in [-0.1, -0.05) is 20.8 Å². The first-order valence-corrected chi connectivity index (χ1v) is 7.73. The Balaban J connectivity index is 4.18. The van der Waals surface area contributed by atoms with Crippen molar-refractivity contribution in [3.05, 3.63) is 0 Å². The summed E-state index contributed by atoms with van der Waals surface area (Å²) >= 11 is 0. The van der Waals surface area contributed by atoms with Crippen molar-refractivity contribution in [1.29, 1.82) is 0 Å². The number of rotatable bonds is 8. The van der Waals surface area contributed by atoms with Gasteiger partial charge in [0.1, 0.15) is 5.60 Å². The number of methoxy groups -OCH3 is 1. The molecule has 2 atom stereocenters. The van der Waals surface area contributed by atoms with Crippen LogP contribution in [0.1, 0.15) is 41.5 Å². The summed E-state index contributed by atoms with van der Waals surface area (Å²) in [5, 5.41) is 3.51. The van der Waals surface area contributed by atoms with Crippen molar-refractivity contribution in [2.75, 3.05) is 33.9 Å². The summed E-state index contributed by atoms with van der Waals surface area (Å²) in [7, 11) is 3.50. The van der Waals surface area contributed by atoms with Crippen LogP contribution in [0, 0.1) is 11.8 Å². The highest BCUT2D eigenvalue weighted by Gasteiger charge is 2.21. The smallest absolute Gasteiger partial charge is 0.410 e. The first-order chi connectivity index (χ1) is 9.56. The summed E-state index contributed by atoms with van der Waals surface area (Å²) in [5.74, 6) is 0.862. The average molecular weight is 302 g/mol. The van der Waals surface area contributed by atoms with Gasteiger partial charge >= 0.3 is 6.09 Å². The third-order valence-corrected chi connectivity index (χ3v) is 3.17. The Hall–Kier alpha value is -0.810. The zero-order valence-corrected chi connectivity index (χ0v) is 15.0. The van der Waals surface area contributed by atoms with Crippen LogP contribution < -0.4 is 5.32 Å². The monoisotopic (exact) mass is 302 g/mol. The number of ether oxygens (including phenoxy) is 2. The van der Waals surface area contributed by atoms with E-state index in [9.17, 15) is 4.79 Å². The lowest BCUT2D eigenvalue weighted by molar-refractivity contribution is 0.0275. The molecule has 0 aromatic heterocycles. The predicted octanol–water partition coefficient (Wildman–Crippen LogP) is 2.75. The van der Waals surface area contributed by atoms with Gasteiger partial charge in [0.05, 0.1) is 6.61 Å². The fourth-order valence-corrected chi connectivity index (χ4v) is 1.97. The molecule has 0 heterocycles. The summed E-state index contributed by atoms with van der Waals surface area (Å²) in [5.41, 5.74) is -0.450. The lowest BCUT2D eigenvalue weighted by Gasteiger charge is -2.28. The molecule has 0 aliphatic carbocycles. The minimum atomic E-state index is -0.450. The molecule has 0 rings (SSSR count). The molecule has 21 heavy (non-hydrogen) atoms. The van der Waals surface area contributed by atoms with Crippen LogP contribution in [0.25, 0.3) is 0 Å². The van der Waals surface area contributed by atoms with Crippen LogP contribution in [-0.2, 0) is 9.47 Å². The van der Waals surface area contributed by atoms with E-state index in [0.717, 1.165) is 6.54 Å². The second kappa shape index (κ2) is 9.26. The molecule has 5 heteroatoms. The number of carbonyl (C=O) groups is 1. The maximum absolute atomic E-state index is 11.9. The molecular formula is C16H34N2O3. The Bertz CT molecular complexity index is 300. The van der Waals surface area contributed by atoms with Gasteiger partial charge in [-0.3, -0.25) is 0 Å². The molecule has 0 aromatic carbocycles. The highest BCUT2D eigenvalue weighted by atomic mass is 16.6. The van der Waals surface area contributed by atoms with Gasteiger partial charge in [0, 0.05) is 26.7 Å². The molecule has 1 N–H and O–H groups in total. The van der Waals surface area contributed by atoms with Gasteiger partial charge in [-0.05, 0) is 39.2 Å². The maximum atomic E-state index is 11.9. The second-order valence-electron chi connectivity index (χ2n) is 7.18. The van der Waals surface area contributed by atoms with Crippen molar-refractivity contribution in [2.24, 2.45) is 11.8 Å². The number of nitrogens with one attached hydrogen (secondary N) is 1. The van der Waals surface area contributed by atoms with E-state index < -0.39 is 5.60 Å². The van der Waals surface area contributed by atoms with Gasteiger partial charge in [-0.15, -0.1) is 0 Å². The molecule has 126 valence electrons. The molecule has 0 radical (unpaired) electrons. The van der Waals surface area contributed by atoms with Crippen LogP contribution in [-0.4, -0.2) is 56.5 Å². The normalized spacial score (nSPS) is 14.9. The van der Waals surface area contributed by atoms with Gasteiger partial charge in [0.2, 0.25) is 0 Å². The summed E-state index contributed by atoms with van der Waals surface area (Å²) in [6.45, 7) is 14.3. The van der Waals surface area contributed by atoms with Gasteiger partial charge in [0.15, 0.2) is 0 Å². The fraction of sp³-hybridized carbons (Fsp3) is 0.938. The topological polar surface area (TPSA) is 50.8 Å². The van der Waals surface area contributed by atoms with Crippen molar-refractivity contribution in [3.8, 4) is 0 Å². The Morgan fingerprint density at radius 3 is 2.24 bits per heavy atom. The van der Waals surface area contributed by atoms with Crippen molar-refractivity contribution in [1.82, 2.24) is 10.2 Å². The lowest BCUT2D eigenvalue weighted by Crippen LogP contribution is -2.43. The Morgan fingerprint density at radius 2 is 1.81 bits per heavy atom. The molecule has 2 unspecified atom stereocenters. The van der Waals surface area contributed by atoms with Crippen LogP contribution in [0.15, 0.2) is 0 Å². The van der Waals surface area contributed by atoms with Crippen molar-refractivity contribution in [3.63, 3.8) is 0 Å². The van der Waals surface area contributed by atoms with Crippen LogP contribution in [0.5, 0.6) is 0 Å². The van der Waals surface area contributed by atoms with Crippen molar-refractivity contribution < 1.29 is 14.3 Å². The molecule has 0 aliphatic rings. The van der Waals surface area contributed by atoms with Crippen molar-refractivity contribution >= 4 is 6.09 Å². The first kappa shape index (κ1) is 20.2. The standard InChI is InChI=1S/C16H34N2O3/c1-12(2)14(11-20-8)17-9-13(3)10-18(7)15(19)21-16(4,5)6/h12-14,17H,9-11H2,1-8H3. The number of amides is 1. The molecule has 0 saturated heterocycles. The third kappa shape index (κ3) is 9.69. The lowest BCUT2D eigenvalue weighted by atomic mass is 10.0. The summed E-state index contributed by atoms with van der Waals surface area (Å²) < 4.78 is 10.6. The second-order valence-corrected chi connectivity index (χ2v) is 7.18. The van der Waals surface area contributed by atoms with Gasteiger partial charge in [-0.2, -0.15) is 0 Å². The van der Waals surface area contributed by atoms with E-state index in [2.05, 4.69) is 26.1 Å². The molecule has 0 spiro atoms. The summed E-state index contributed by atoms with van der Waals surface area (Å²) in [6.07, 6.45) is -0.272. The van der Waals surface area contributed by atoms with E-state index >= 15 is 0 Å². The SMILES string of the molecule is COCC(NCC(C)CN(C)C(=O)OC(C)(C)C)C(C)C. The van der Waals surface area contributed by atoms with Crippen LogP contribution in [0.4, 0.5) is 4.79 Å². The zero-order valence-electron chi connectivity index (χ0n) is 15.0. The van der Waals surface area contributed by atoms with Crippen LogP contribution in [0.2, 0.25) is 0 Å². The van der Waals surface area contributed by atoms with Crippen LogP contribution in [0.3, 0.4) is 0 Å². The Kier molecular flexibility index (Phi) is 8.90. The van der Waals surface area contributed by atoms with E-state index in [1.165, 1.54) is 0 Å². The highest BCUT2D eigenvalue weighted by molar-refractivity contribution is 5.67. The van der Waals surface area contributed by atoms with E-state index in [1.807, 2.05) is 20.8 Å². The Morgan fingerprint density at radius 1 is 1.24 bits per heavy atom. The molecule has 0 aliphatic heterocycles. The molecule has 0 aromatic rings. The van der Waals surface area contributed by atoms with Gasteiger partial charge in [-0.25, -0.2) is 4.79 Å². The van der Waals surface area contributed by atoms with E-state index in [4.69, 9.17) is 9.47 Å². The molecule has 5 nitrogen and oxygen atoms in total. The molecular weight excluding hydrogens is 268 g/mol. The quantitative estimate of drug-likeness (QED) is 0.749. The van der Waals surface area contributed by atoms with E-state index in [1.54, 1.807) is 19.1 Å².